The summed E-state index contributed by atoms with van der Waals surface area (Å²) in [5.41, 5.74) is -0.649. The Hall–Kier alpha value is -1.94. The quantitative estimate of drug-likeness (QED) is 0.561. The van der Waals surface area contributed by atoms with Crippen LogP contribution in [0.5, 0.6) is 5.88 Å². The van der Waals surface area contributed by atoms with E-state index in [1.807, 2.05) is 0 Å². The van der Waals surface area contributed by atoms with Crippen molar-refractivity contribution in [1.29, 1.82) is 0 Å². The molecule has 1 aromatic heterocycles. The average molecular weight is 274 g/mol. The lowest BCUT2D eigenvalue weighted by atomic mass is 10.4. The Morgan fingerprint density at radius 1 is 1.50 bits per heavy atom. The van der Waals surface area contributed by atoms with Crippen molar-refractivity contribution in [2.24, 2.45) is 5.14 Å². The van der Waals surface area contributed by atoms with Crippen molar-refractivity contribution in [3.63, 3.8) is 0 Å². The topological polar surface area (TPSA) is 146 Å². The third kappa shape index (κ3) is 2.33. The summed E-state index contributed by atoms with van der Waals surface area (Å²) in [6, 6.07) is 0.835. The third-order valence-corrected chi connectivity index (χ3v) is 3.77. The second-order valence-electron chi connectivity index (χ2n) is 3.85. The monoisotopic (exact) mass is 274 g/mol. The fourth-order valence-electron chi connectivity index (χ4n) is 1.66. The van der Waals surface area contributed by atoms with Crippen LogP contribution in [0.4, 0.5) is 5.95 Å². The molecule has 2 rings (SSSR count). The van der Waals surface area contributed by atoms with E-state index in [0.717, 1.165) is 11.0 Å². The van der Waals surface area contributed by atoms with Crippen molar-refractivity contribution in [3.05, 3.63) is 16.4 Å². The van der Waals surface area contributed by atoms with Crippen LogP contribution in [-0.2, 0) is 14.8 Å². The minimum absolute atomic E-state index is 0.198. The van der Waals surface area contributed by atoms with E-state index in [-0.39, 0.29) is 18.9 Å². The first-order valence-corrected chi connectivity index (χ1v) is 6.50. The molecule has 4 N–H and O–H groups in total. The van der Waals surface area contributed by atoms with Gasteiger partial charge >= 0.3 is 0 Å². The Morgan fingerprint density at radius 3 is 2.67 bits per heavy atom. The third-order valence-electron chi connectivity index (χ3n) is 2.53. The number of nitrogens with one attached hydrogen (secondary N) is 1. The van der Waals surface area contributed by atoms with E-state index in [4.69, 9.17) is 10.2 Å². The summed E-state index contributed by atoms with van der Waals surface area (Å²) in [6.45, 7) is -0.204. The van der Waals surface area contributed by atoms with E-state index in [1.54, 1.807) is 0 Å². The van der Waals surface area contributed by atoms with Crippen LogP contribution in [0, 0.1) is 0 Å². The van der Waals surface area contributed by atoms with Gasteiger partial charge in [0.05, 0.1) is 6.07 Å². The van der Waals surface area contributed by atoms with Gasteiger partial charge < -0.3 is 5.11 Å². The highest BCUT2D eigenvalue weighted by atomic mass is 32.2. The number of rotatable bonds is 2. The Labute approximate surface area is 101 Å². The van der Waals surface area contributed by atoms with E-state index in [2.05, 4.69) is 9.97 Å². The summed E-state index contributed by atoms with van der Waals surface area (Å²) in [5.74, 6) is -1.29. The van der Waals surface area contributed by atoms with Gasteiger partial charge in [0.1, 0.15) is 5.25 Å². The molecule has 1 atom stereocenters. The first kappa shape index (κ1) is 12.5. The fraction of sp³-hybridized carbons (Fsp3) is 0.375. The lowest BCUT2D eigenvalue weighted by Crippen LogP contribution is -2.33. The summed E-state index contributed by atoms with van der Waals surface area (Å²) in [6.07, 6.45) is -0.280. The van der Waals surface area contributed by atoms with Crippen LogP contribution in [0.25, 0.3) is 0 Å². The maximum Gasteiger partial charge on any atom is 0.256 e. The minimum Gasteiger partial charge on any atom is -0.493 e. The highest BCUT2D eigenvalue weighted by molar-refractivity contribution is 7.89. The van der Waals surface area contributed by atoms with Gasteiger partial charge in [-0.25, -0.2) is 13.6 Å². The molecule has 98 valence electrons. The zero-order chi connectivity index (χ0) is 13.5. The Kier molecular flexibility index (Phi) is 2.83. The van der Waals surface area contributed by atoms with Gasteiger partial charge in [-0.05, 0) is 0 Å². The Balaban J connectivity index is 2.35. The standard InChI is InChI=1S/C8H10N4O5S/c9-18(16,17)4-1-7(15)12(3-4)8-10-5(13)2-6(14)11-8/h2,4H,1,3H2,(H2,9,16,17)(H2,10,11,13,14). The number of aromatic nitrogens is 2. The van der Waals surface area contributed by atoms with E-state index < -0.39 is 32.6 Å². The number of anilines is 1. The molecule has 1 amide bonds. The van der Waals surface area contributed by atoms with Crippen LogP contribution in [-0.4, -0.2) is 41.2 Å². The summed E-state index contributed by atoms with van der Waals surface area (Å²) in [4.78, 5) is 29.5. The summed E-state index contributed by atoms with van der Waals surface area (Å²) >= 11 is 0. The molecule has 1 aliphatic heterocycles. The number of aromatic amines is 1. The second-order valence-corrected chi connectivity index (χ2v) is 5.69. The molecule has 0 aliphatic carbocycles. The molecular weight excluding hydrogens is 264 g/mol. The van der Waals surface area contributed by atoms with Crippen molar-refractivity contribution >= 4 is 21.9 Å². The van der Waals surface area contributed by atoms with Crippen LogP contribution in [0.3, 0.4) is 0 Å². The maximum absolute atomic E-state index is 11.6. The van der Waals surface area contributed by atoms with Gasteiger partial charge in [-0.15, -0.1) is 0 Å². The molecule has 10 heteroatoms. The smallest absolute Gasteiger partial charge is 0.256 e. The number of nitrogens with two attached hydrogens (primary N) is 1. The van der Waals surface area contributed by atoms with Gasteiger partial charge in [0.15, 0.2) is 0 Å². The van der Waals surface area contributed by atoms with Gasteiger partial charge in [0, 0.05) is 13.0 Å². The number of H-pyrrole nitrogens is 1. The molecule has 1 saturated heterocycles. The Morgan fingerprint density at radius 2 is 2.17 bits per heavy atom. The second kappa shape index (κ2) is 4.07. The van der Waals surface area contributed by atoms with Crippen LogP contribution < -0.4 is 15.6 Å². The molecule has 0 saturated carbocycles. The van der Waals surface area contributed by atoms with Crippen LogP contribution >= 0.6 is 0 Å². The summed E-state index contributed by atoms with van der Waals surface area (Å²) in [7, 11) is -3.84. The number of hydrogen-bond donors (Lipinski definition) is 3. The SMILES string of the molecule is NS(=O)(=O)C1CC(=O)N(c2nc(O)cc(=O)[nH]2)C1. The van der Waals surface area contributed by atoms with Crippen molar-refractivity contribution in [1.82, 2.24) is 9.97 Å². The van der Waals surface area contributed by atoms with E-state index in [1.165, 1.54) is 0 Å². The van der Waals surface area contributed by atoms with Crippen molar-refractivity contribution in [2.75, 3.05) is 11.4 Å². The molecule has 1 aromatic rings. The zero-order valence-electron chi connectivity index (χ0n) is 9.03. The molecule has 1 aliphatic rings. The molecule has 2 heterocycles. The predicted molar refractivity (Wildman–Crippen MR) is 60.4 cm³/mol. The first-order valence-electron chi connectivity index (χ1n) is 4.89. The van der Waals surface area contributed by atoms with Gasteiger partial charge in [0.2, 0.25) is 27.8 Å². The normalized spacial score (nSPS) is 20.4. The number of nitrogens with zero attached hydrogens (tertiary/aromatic N) is 2. The van der Waals surface area contributed by atoms with Crippen LogP contribution in [0.15, 0.2) is 10.9 Å². The predicted octanol–water partition coefficient (Wildman–Crippen LogP) is -2.13. The number of carbonyl (C=O) groups excluding carboxylic acids is 1. The molecule has 0 aromatic carbocycles. The molecule has 0 bridgehead atoms. The molecule has 0 radical (unpaired) electrons. The fourth-order valence-corrected chi connectivity index (χ4v) is 2.39. The summed E-state index contributed by atoms with van der Waals surface area (Å²) in [5, 5.41) is 13.1. The number of hydrogen-bond acceptors (Lipinski definition) is 6. The Bertz CT molecular complexity index is 652. The van der Waals surface area contributed by atoms with Gasteiger partial charge in [-0.1, -0.05) is 0 Å². The zero-order valence-corrected chi connectivity index (χ0v) is 9.85. The van der Waals surface area contributed by atoms with Crippen LogP contribution in [0.2, 0.25) is 0 Å². The summed E-state index contributed by atoms with van der Waals surface area (Å²) < 4.78 is 22.3. The lowest BCUT2D eigenvalue weighted by Gasteiger charge is -2.14. The van der Waals surface area contributed by atoms with Gasteiger partial charge in [-0.2, -0.15) is 4.98 Å². The first-order chi connectivity index (χ1) is 8.27. The number of carbonyl (C=O) groups is 1. The number of amides is 1. The van der Waals surface area contributed by atoms with E-state index >= 15 is 0 Å². The van der Waals surface area contributed by atoms with Crippen molar-refractivity contribution < 1.29 is 18.3 Å². The highest BCUT2D eigenvalue weighted by Gasteiger charge is 2.38. The highest BCUT2D eigenvalue weighted by Crippen LogP contribution is 2.21. The molecular formula is C8H10N4O5S. The molecule has 1 fully saturated rings. The van der Waals surface area contributed by atoms with E-state index in [9.17, 15) is 18.0 Å². The molecule has 0 spiro atoms. The van der Waals surface area contributed by atoms with Gasteiger partial charge in [-0.3, -0.25) is 19.5 Å². The minimum atomic E-state index is -3.84. The molecule has 18 heavy (non-hydrogen) atoms. The lowest BCUT2D eigenvalue weighted by molar-refractivity contribution is -0.117. The van der Waals surface area contributed by atoms with Crippen molar-refractivity contribution in [3.8, 4) is 5.88 Å². The molecule has 9 nitrogen and oxygen atoms in total. The average Bonchev–Trinajstić information content (AvgIpc) is 2.58. The van der Waals surface area contributed by atoms with E-state index in [0.29, 0.717) is 0 Å². The van der Waals surface area contributed by atoms with Crippen LogP contribution in [0.1, 0.15) is 6.42 Å². The number of primary sulfonamides is 1. The van der Waals surface area contributed by atoms with Gasteiger partial charge in [0.25, 0.3) is 5.56 Å². The maximum atomic E-state index is 11.6. The largest absolute Gasteiger partial charge is 0.493 e. The molecule has 1 unspecified atom stereocenters. The van der Waals surface area contributed by atoms with Crippen molar-refractivity contribution in [2.45, 2.75) is 11.7 Å². The number of sulfonamides is 1. The number of aromatic hydroxyl groups is 1.